The van der Waals surface area contributed by atoms with Crippen LogP contribution in [-0.4, -0.2) is 4.86 Å². The summed E-state index contributed by atoms with van der Waals surface area (Å²) in [5.74, 6) is 0. The van der Waals surface area contributed by atoms with Gasteiger partial charge in [0.15, 0.2) is 0 Å². The minimum absolute atomic E-state index is 0.181. The molecule has 1 unspecified atom stereocenters. The fourth-order valence-corrected chi connectivity index (χ4v) is 5.72. The summed E-state index contributed by atoms with van der Waals surface area (Å²) in [7, 11) is 1.63. The van der Waals surface area contributed by atoms with Crippen molar-refractivity contribution in [3.05, 3.63) is 84.1 Å². The summed E-state index contributed by atoms with van der Waals surface area (Å²) in [4.78, 5) is 2.60. The molecule has 0 amide bonds. The molecule has 0 saturated heterocycles. The Labute approximate surface area is 124 Å². The summed E-state index contributed by atoms with van der Waals surface area (Å²) in [5, 5.41) is 0. The molecule has 1 atom stereocenters. The number of hydrogen-bond donors (Lipinski definition) is 0. The largest absolute Gasteiger partial charge is 0.430 e. The molecule has 2 heterocycles. The lowest BCUT2D eigenvalue weighted by Crippen LogP contribution is -1.93. The number of hydrogen-bond acceptors (Lipinski definition) is 2. The highest BCUT2D eigenvalue weighted by Crippen LogP contribution is 2.54. The first-order chi connectivity index (χ1) is 9.92. The molecule has 0 aliphatic carbocycles. The minimum Gasteiger partial charge on any atom is -0.430 e. The number of benzene rings is 2. The van der Waals surface area contributed by atoms with Crippen LogP contribution in [0.3, 0.4) is 0 Å². The Morgan fingerprint density at radius 1 is 0.800 bits per heavy atom. The van der Waals surface area contributed by atoms with Crippen molar-refractivity contribution in [2.75, 3.05) is 0 Å². The molecule has 4 rings (SSSR count). The highest BCUT2D eigenvalue weighted by atomic mass is 33.1. The van der Waals surface area contributed by atoms with Gasteiger partial charge in [-0.2, -0.15) is 0 Å². The second kappa shape index (κ2) is 5.00. The van der Waals surface area contributed by atoms with Gasteiger partial charge < -0.3 is 4.18 Å². The average Bonchev–Trinajstić information content (AvgIpc) is 3.09. The summed E-state index contributed by atoms with van der Waals surface area (Å²) in [6.45, 7) is 0. The van der Waals surface area contributed by atoms with E-state index in [2.05, 4.69) is 54.6 Å². The van der Waals surface area contributed by atoms with Gasteiger partial charge in [-0.25, -0.2) is 0 Å². The Kier molecular flexibility index (Phi) is 3.02. The summed E-state index contributed by atoms with van der Waals surface area (Å²) < 4.78 is 5.84. The highest BCUT2D eigenvalue weighted by Gasteiger charge is 2.26. The van der Waals surface area contributed by atoms with Gasteiger partial charge in [-0.1, -0.05) is 60.7 Å². The van der Waals surface area contributed by atoms with E-state index in [9.17, 15) is 0 Å². The molecule has 20 heavy (non-hydrogen) atoms. The molecule has 2 aromatic rings. The Balaban J connectivity index is 1.70. The second-order valence-corrected chi connectivity index (χ2v) is 7.67. The first-order valence-electron chi connectivity index (χ1n) is 6.41. The Hall–Kier alpha value is -1.71. The van der Waals surface area contributed by atoms with Crippen LogP contribution in [0.5, 0.6) is 0 Å². The smallest absolute Gasteiger partial charge is 0.110 e. The van der Waals surface area contributed by atoms with Crippen molar-refractivity contribution in [3.63, 3.8) is 0 Å². The maximum atomic E-state index is 5.84. The van der Waals surface area contributed by atoms with E-state index < -0.39 is 0 Å². The molecule has 2 aliphatic heterocycles. The predicted octanol–water partition coefficient (Wildman–Crippen LogP) is 5.12. The molecule has 0 spiro atoms. The van der Waals surface area contributed by atoms with Gasteiger partial charge in [0.2, 0.25) is 0 Å². The summed E-state index contributed by atoms with van der Waals surface area (Å²) >= 11 is 0. The summed E-state index contributed by atoms with van der Waals surface area (Å²) in [6, 6.07) is 20.9. The third-order valence-corrected chi connectivity index (χ3v) is 6.69. The van der Waals surface area contributed by atoms with Gasteiger partial charge in [0.1, 0.15) is 6.26 Å². The summed E-state index contributed by atoms with van der Waals surface area (Å²) in [6.07, 6.45) is 4.17. The maximum absolute atomic E-state index is 5.84. The Bertz CT molecular complexity index is 743. The molecular formula is C17H12OS2. The van der Waals surface area contributed by atoms with E-state index in [0.29, 0.717) is 0 Å². The third-order valence-electron chi connectivity index (χ3n) is 3.27. The van der Waals surface area contributed by atoms with Crippen LogP contribution in [0.2, 0.25) is 0 Å². The zero-order chi connectivity index (χ0) is 13.4. The fraction of sp³-hybridized carbons (Fsp3) is 0. The van der Waals surface area contributed by atoms with E-state index in [1.807, 2.05) is 29.2 Å². The van der Waals surface area contributed by atoms with Gasteiger partial charge in [0, 0.05) is 10.5 Å². The van der Waals surface area contributed by atoms with Crippen LogP contribution in [0.25, 0.3) is 10.5 Å². The van der Waals surface area contributed by atoms with Crippen LogP contribution in [0, 0.1) is 0 Å². The number of rotatable bonds is 2. The van der Waals surface area contributed by atoms with Crippen molar-refractivity contribution in [3.8, 4) is 0 Å². The van der Waals surface area contributed by atoms with Gasteiger partial charge >= 0.3 is 0 Å². The molecule has 3 heteroatoms. The summed E-state index contributed by atoms with van der Waals surface area (Å²) in [5.41, 5.74) is 3.71. The average molecular weight is 296 g/mol. The molecule has 2 aliphatic rings. The maximum Gasteiger partial charge on any atom is 0.110 e. The molecule has 0 saturated carbocycles. The lowest BCUT2D eigenvalue weighted by atomic mass is 10.0. The van der Waals surface area contributed by atoms with Crippen LogP contribution < -0.4 is 0 Å². The molecule has 0 aromatic heterocycles. The second-order valence-electron chi connectivity index (χ2n) is 4.55. The SMILES string of the molecule is C1=C(c2ccccc2)SS2=C1C(c1ccccc1)=CO2. The van der Waals surface area contributed by atoms with E-state index in [-0.39, 0.29) is 9.80 Å². The van der Waals surface area contributed by atoms with Gasteiger partial charge in [-0.3, -0.25) is 0 Å². The third kappa shape index (κ3) is 2.03. The minimum atomic E-state index is -0.181. The highest BCUT2D eigenvalue weighted by molar-refractivity contribution is 8.86. The van der Waals surface area contributed by atoms with Crippen molar-refractivity contribution < 1.29 is 4.18 Å². The van der Waals surface area contributed by atoms with E-state index in [0.717, 1.165) is 0 Å². The molecule has 0 bridgehead atoms. The zero-order valence-corrected chi connectivity index (χ0v) is 12.3. The monoisotopic (exact) mass is 296 g/mol. The van der Waals surface area contributed by atoms with Gasteiger partial charge in [-0.05, 0) is 28.0 Å². The van der Waals surface area contributed by atoms with Gasteiger partial charge in [0.25, 0.3) is 0 Å². The Morgan fingerprint density at radius 2 is 1.45 bits per heavy atom. The topological polar surface area (TPSA) is 9.23 Å². The molecule has 0 radical (unpaired) electrons. The molecule has 2 aromatic carbocycles. The lowest BCUT2D eigenvalue weighted by Gasteiger charge is -2.03. The molecule has 0 N–H and O–H groups in total. The first kappa shape index (κ1) is 12.1. The van der Waals surface area contributed by atoms with E-state index in [1.54, 1.807) is 0 Å². The lowest BCUT2D eigenvalue weighted by molar-refractivity contribution is 0.580. The van der Waals surface area contributed by atoms with Crippen molar-refractivity contribution in [2.45, 2.75) is 0 Å². The zero-order valence-electron chi connectivity index (χ0n) is 10.7. The van der Waals surface area contributed by atoms with Crippen molar-refractivity contribution >= 4 is 35.9 Å². The standard InChI is InChI=1S/C17H12OS2/c1-3-7-13(8-4-1)15-12-18-20-17(15)11-16(19-20)14-9-5-2-6-10-14/h1-12H. The van der Waals surface area contributed by atoms with Crippen molar-refractivity contribution in [1.29, 1.82) is 0 Å². The quantitative estimate of drug-likeness (QED) is 0.562. The fourth-order valence-electron chi connectivity index (χ4n) is 2.27. The van der Waals surface area contributed by atoms with Crippen LogP contribution in [0.1, 0.15) is 11.1 Å². The van der Waals surface area contributed by atoms with Crippen LogP contribution >= 0.6 is 20.6 Å². The van der Waals surface area contributed by atoms with E-state index in [4.69, 9.17) is 4.18 Å². The van der Waals surface area contributed by atoms with Crippen molar-refractivity contribution in [2.24, 2.45) is 0 Å². The van der Waals surface area contributed by atoms with Crippen LogP contribution in [0.4, 0.5) is 0 Å². The molecule has 1 nitrogen and oxygen atoms in total. The van der Waals surface area contributed by atoms with E-state index in [1.165, 1.54) is 26.5 Å². The van der Waals surface area contributed by atoms with Gasteiger partial charge in [0.05, 0.1) is 14.7 Å². The van der Waals surface area contributed by atoms with E-state index >= 15 is 0 Å². The Morgan fingerprint density at radius 3 is 2.15 bits per heavy atom. The van der Waals surface area contributed by atoms with Crippen LogP contribution in [0.15, 0.2) is 73.0 Å². The molecular weight excluding hydrogens is 284 g/mol. The molecule has 0 fully saturated rings. The first-order valence-corrected chi connectivity index (χ1v) is 8.90. The van der Waals surface area contributed by atoms with Crippen molar-refractivity contribution in [1.82, 2.24) is 0 Å². The van der Waals surface area contributed by atoms with Gasteiger partial charge in [-0.15, -0.1) is 0 Å². The molecule has 98 valence electrons. The predicted molar refractivity (Wildman–Crippen MR) is 90.1 cm³/mol. The normalized spacial score (nSPS) is 20.2. The number of allylic oxidation sites excluding steroid dienone is 2. The van der Waals surface area contributed by atoms with Crippen LogP contribution in [-0.2, 0) is 4.18 Å².